The molecule has 42 heavy (non-hydrogen) atoms. The average Bonchev–Trinajstić information content (AvgIpc) is 2.92. The van der Waals surface area contributed by atoms with Crippen LogP contribution in [-0.2, 0) is 22.6 Å². The molecule has 2 N–H and O–H groups in total. The molecule has 0 bridgehead atoms. The van der Waals surface area contributed by atoms with Gasteiger partial charge < -0.3 is 20.0 Å². The van der Waals surface area contributed by atoms with Crippen LogP contribution in [0.15, 0.2) is 48.7 Å². The number of anilines is 2. The Bertz CT molecular complexity index is 1410. The van der Waals surface area contributed by atoms with Crippen molar-refractivity contribution in [1.29, 1.82) is 0 Å². The summed E-state index contributed by atoms with van der Waals surface area (Å²) in [6.45, 7) is 2.18. The van der Waals surface area contributed by atoms with E-state index in [1.165, 1.54) is 39.2 Å². The lowest BCUT2D eigenvalue weighted by Gasteiger charge is -2.32. The van der Waals surface area contributed by atoms with Gasteiger partial charge in [0.05, 0.1) is 51.7 Å². The first kappa shape index (κ1) is 33.4. The number of likely N-dealkylation sites (N-methyl/N-ethyl adjacent to an activating group) is 1. The largest absolute Gasteiger partial charge is 0.416 e. The molecule has 0 fully saturated rings. The highest BCUT2D eigenvalue weighted by Crippen LogP contribution is 2.41. The highest BCUT2D eigenvalue weighted by atomic mass is 35.5. The van der Waals surface area contributed by atoms with Crippen LogP contribution in [0.5, 0.6) is 0 Å². The Balaban J connectivity index is 2.18. The Morgan fingerprint density at radius 3 is 1.83 bits per heavy atom. The van der Waals surface area contributed by atoms with E-state index in [1.54, 1.807) is 17.0 Å². The van der Waals surface area contributed by atoms with Gasteiger partial charge in [0.1, 0.15) is 5.82 Å². The third kappa shape index (κ3) is 7.28. The second kappa shape index (κ2) is 12.7. The molecule has 0 saturated heterocycles. The van der Waals surface area contributed by atoms with E-state index < -0.39 is 40.4 Å². The molecule has 1 heterocycles. The maximum atomic E-state index is 13.8. The molecule has 14 heteroatoms. The smallest absolute Gasteiger partial charge is 0.395 e. The number of aromatic nitrogens is 1. The van der Waals surface area contributed by atoms with E-state index in [0.29, 0.717) is 29.1 Å². The number of nitrogens with zero attached hydrogens (tertiary/aromatic N) is 3. The molecule has 1 amide bonds. The fourth-order valence-corrected chi connectivity index (χ4v) is 4.62. The summed E-state index contributed by atoms with van der Waals surface area (Å²) in [6, 6.07) is 7.25. The third-order valence-corrected chi connectivity index (χ3v) is 7.41. The Morgan fingerprint density at radius 2 is 1.36 bits per heavy atom. The highest BCUT2D eigenvalue weighted by molar-refractivity contribution is 6.42. The highest BCUT2D eigenvalue weighted by Gasteiger charge is 2.41. The second-order valence-corrected chi connectivity index (χ2v) is 10.7. The van der Waals surface area contributed by atoms with Crippen molar-refractivity contribution < 1.29 is 41.4 Å². The predicted molar refractivity (Wildman–Crippen MR) is 149 cm³/mol. The van der Waals surface area contributed by atoms with Crippen molar-refractivity contribution in [2.24, 2.45) is 0 Å². The molecule has 0 atom stereocenters. The van der Waals surface area contributed by atoms with E-state index >= 15 is 0 Å². The second-order valence-electron chi connectivity index (χ2n) is 9.91. The molecular formula is C28H27Cl2F6N3O3. The average molecular weight is 638 g/mol. The molecule has 2 aromatic carbocycles. The van der Waals surface area contributed by atoms with Crippen LogP contribution in [-0.4, -0.2) is 54.5 Å². The SMILES string of the molecule is CN(C(=O)C(C)(C)c1cc(C(F)(F)F)cc(C(F)(F)F)c1)c1cnc(N(CCO)CCO)cc1-c1ccc(Cl)c(Cl)c1. The number of hydrogen-bond acceptors (Lipinski definition) is 5. The summed E-state index contributed by atoms with van der Waals surface area (Å²) in [7, 11) is 1.32. The lowest BCUT2D eigenvalue weighted by molar-refractivity contribution is -0.143. The lowest BCUT2D eigenvalue weighted by atomic mass is 9.81. The molecule has 0 spiro atoms. The lowest BCUT2D eigenvalue weighted by Crippen LogP contribution is -2.42. The van der Waals surface area contributed by atoms with Gasteiger partial charge in [0.15, 0.2) is 0 Å². The van der Waals surface area contributed by atoms with Crippen molar-refractivity contribution in [3.05, 3.63) is 75.4 Å². The molecule has 6 nitrogen and oxygen atoms in total. The summed E-state index contributed by atoms with van der Waals surface area (Å²) in [6.07, 6.45) is -8.87. The van der Waals surface area contributed by atoms with Crippen molar-refractivity contribution in [1.82, 2.24) is 4.98 Å². The van der Waals surface area contributed by atoms with E-state index in [4.69, 9.17) is 23.2 Å². The van der Waals surface area contributed by atoms with Crippen LogP contribution in [0.3, 0.4) is 0 Å². The maximum absolute atomic E-state index is 13.8. The summed E-state index contributed by atoms with van der Waals surface area (Å²) >= 11 is 12.3. The predicted octanol–water partition coefficient (Wildman–Crippen LogP) is 6.82. The fourth-order valence-electron chi connectivity index (χ4n) is 4.32. The first-order valence-electron chi connectivity index (χ1n) is 12.4. The maximum Gasteiger partial charge on any atom is 0.416 e. The van der Waals surface area contributed by atoms with Crippen molar-refractivity contribution >= 4 is 40.6 Å². The molecule has 0 aliphatic carbocycles. The minimum atomic E-state index is -5.09. The Hall–Kier alpha value is -3.06. The number of benzene rings is 2. The number of carbonyl (C=O) groups excluding carboxylic acids is 1. The van der Waals surface area contributed by atoms with E-state index in [2.05, 4.69) is 4.98 Å². The molecule has 3 aromatic rings. The van der Waals surface area contributed by atoms with Gasteiger partial charge in [0.2, 0.25) is 5.91 Å². The van der Waals surface area contributed by atoms with Crippen LogP contribution in [0.1, 0.15) is 30.5 Å². The number of aliphatic hydroxyl groups excluding tert-OH is 2. The zero-order valence-electron chi connectivity index (χ0n) is 22.6. The fraction of sp³-hybridized carbons (Fsp3) is 0.357. The normalized spacial score (nSPS) is 12.4. The monoisotopic (exact) mass is 637 g/mol. The molecule has 0 unspecified atom stereocenters. The minimum Gasteiger partial charge on any atom is -0.395 e. The molecule has 1 aromatic heterocycles. The van der Waals surface area contributed by atoms with Crippen molar-refractivity contribution in [2.75, 3.05) is 43.2 Å². The molecule has 0 aliphatic heterocycles. The molecule has 0 saturated carbocycles. The van der Waals surface area contributed by atoms with Crippen LogP contribution in [0.2, 0.25) is 10.0 Å². The number of hydrogen-bond donors (Lipinski definition) is 2. The van der Waals surface area contributed by atoms with Crippen molar-refractivity contribution in [3.8, 4) is 11.1 Å². The number of halogens is 8. The molecule has 0 radical (unpaired) electrons. The van der Waals surface area contributed by atoms with Gasteiger partial charge in [0.25, 0.3) is 0 Å². The molecular weight excluding hydrogens is 611 g/mol. The van der Waals surface area contributed by atoms with Gasteiger partial charge >= 0.3 is 12.4 Å². The summed E-state index contributed by atoms with van der Waals surface area (Å²) in [4.78, 5) is 20.8. The molecule has 3 rings (SSSR count). The standard InChI is InChI=1S/C28H27Cl2F6N3O3/c1-26(2,17-11-18(27(31,32)33)13-19(12-17)28(34,35)36)25(42)38(3)23-15-37-24(39(6-8-40)7-9-41)14-20(23)16-4-5-21(29)22(30)10-16/h4-5,10-15,40-41H,6-9H2,1-3H3. The summed E-state index contributed by atoms with van der Waals surface area (Å²) < 4.78 is 81.2. The van der Waals surface area contributed by atoms with Gasteiger partial charge in [-0.3, -0.25) is 4.79 Å². The van der Waals surface area contributed by atoms with E-state index in [1.807, 2.05) is 0 Å². The number of aliphatic hydroxyl groups is 2. The van der Waals surface area contributed by atoms with E-state index in [-0.39, 0.29) is 48.1 Å². The van der Waals surface area contributed by atoms with Gasteiger partial charge in [-0.15, -0.1) is 0 Å². The van der Waals surface area contributed by atoms with Crippen molar-refractivity contribution in [2.45, 2.75) is 31.6 Å². The van der Waals surface area contributed by atoms with Gasteiger partial charge in [-0.25, -0.2) is 4.98 Å². The minimum absolute atomic E-state index is 0.00328. The van der Waals surface area contributed by atoms with Crippen LogP contribution >= 0.6 is 23.2 Å². The third-order valence-electron chi connectivity index (χ3n) is 6.67. The molecule has 228 valence electrons. The number of pyridine rings is 1. The van der Waals surface area contributed by atoms with Gasteiger partial charge in [0, 0.05) is 25.7 Å². The first-order valence-corrected chi connectivity index (χ1v) is 13.2. The quantitative estimate of drug-likeness (QED) is 0.252. The van der Waals surface area contributed by atoms with Crippen LogP contribution in [0.25, 0.3) is 11.1 Å². The number of rotatable bonds is 9. The molecule has 0 aliphatic rings. The van der Waals surface area contributed by atoms with Gasteiger partial charge in [-0.1, -0.05) is 29.3 Å². The summed E-state index contributed by atoms with van der Waals surface area (Å²) in [5, 5.41) is 19.3. The Kier molecular flexibility index (Phi) is 10.1. The van der Waals surface area contributed by atoms with Gasteiger partial charge in [-0.2, -0.15) is 26.3 Å². The number of amides is 1. The van der Waals surface area contributed by atoms with E-state index in [9.17, 15) is 41.4 Å². The zero-order chi connectivity index (χ0) is 31.6. The van der Waals surface area contributed by atoms with Crippen LogP contribution in [0.4, 0.5) is 37.8 Å². The summed E-state index contributed by atoms with van der Waals surface area (Å²) in [5.41, 5.74) is -4.43. The zero-order valence-corrected chi connectivity index (χ0v) is 24.1. The van der Waals surface area contributed by atoms with Crippen LogP contribution in [0, 0.1) is 0 Å². The van der Waals surface area contributed by atoms with Gasteiger partial charge in [-0.05, 0) is 61.4 Å². The Labute approximate surface area is 248 Å². The number of carbonyl (C=O) groups is 1. The van der Waals surface area contributed by atoms with E-state index in [0.717, 1.165) is 4.90 Å². The van der Waals surface area contributed by atoms with Crippen molar-refractivity contribution in [3.63, 3.8) is 0 Å². The van der Waals surface area contributed by atoms with Crippen LogP contribution < -0.4 is 9.80 Å². The Morgan fingerprint density at radius 1 is 0.833 bits per heavy atom. The summed E-state index contributed by atoms with van der Waals surface area (Å²) in [5.74, 6) is -0.510. The topological polar surface area (TPSA) is 76.9 Å². The number of alkyl halides is 6. The first-order chi connectivity index (χ1) is 19.4.